The fraction of sp³-hybridized carbons (Fsp3) is 0.571. The van der Waals surface area contributed by atoms with Crippen molar-refractivity contribution in [3.05, 3.63) is 37.0 Å². The van der Waals surface area contributed by atoms with E-state index in [-0.39, 0.29) is 5.41 Å². The van der Waals surface area contributed by atoms with Crippen LogP contribution < -0.4 is 0 Å². The number of hydrogen-bond acceptors (Lipinski definition) is 0. The lowest BCUT2D eigenvalue weighted by molar-refractivity contribution is 0.292. The van der Waals surface area contributed by atoms with Crippen molar-refractivity contribution in [3.63, 3.8) is 0 Å². The number of hydrogen-bond donors (Lipinski definition) is 0. The highest BCUT2D eigenvalue weighted by molar-refractivity contribution is 5.10. The molecule has 0 nitrogen and oxygen atoms in total. The minimum absolute atomic E-state index is 0.247. The Balaban J connectivity index is 3.91. The Kier molecular flexibility index (Phi) is 5.52. The third-order valence-electron chi connectivity index (χ3n) is 2.96. The summed E-state index contributed by atoms with van der Waals surface area (Å²) in [5, 5.41) is 0. The van der Waals surface area contributed by atoms with Gasteiger partial charge >= 0.3 is 0 Å². The van der Waals surface area contributed by atoms with E-state index >= 15 is 0 Å². The van der Waals surface area contributed by atoms with E-state index in [1.54, 1.807) is 0 Å². The van der Waals surface area contributed by atoms with Crippen LogP contribution in [-0.2, 0) is 0 Å². The van der Waals surface area contributed by atoms with Gasteiger partial charge in [0.05, 0.1) is 0 Å². The molecule has 0 heterocycles. The lowest BCUT2D eigenvalue weighted by atomic mass is 9.78. The van der Waals surface area contributed by atoms with Crippen LogP contribution in [0.15, 0.2) is 37.0 Å². The number of allylic oxidation sites excluding steroid dienone is 4. The average molecular weight is 192 g/mol. The second-order valence-electron chi connectivity index (χ2n) is 4.75. The maximum atomic E-state index is 3.88. The smallest absolute Gasteiger partial charge is 0.0152 e. The summed E-state index contributed by atoms with van der Waals surface area (Å²) in [6.07, 6.45) is 8.69. The van der Waals surface area contributed by atoms with Gasteiger partial charge in [-0.15, -0.1) is 6.58 Å². The summed E-state index contributed by atoms with van der Waals surface area (Å²) in [4.78, 5) is 0. The first kappa shape index (κ1) is 13.2. The first-order valence-electron chi connectivity index (χ1n) is 5.36. The van der Waals surface area contributed by atoms with Gasteiger partial charge in [0.2, 0.25) is 0 Å². The summed E-state index contributed by atoms with van der Waals surface area (Å²) in [5.74, 6) is 0.676. The van der Waals surface area contributed by atoms with E-state index in [1.807, 2.05) is 6.92 Å². The fourth-order valence-corrected chi connectivity index (χ4v) is 1.20. The fourth-order valence-electron chi connectivity index (χ4n) is 1.20. The largest absolute Gasteiger partial charge is 0.103 e. The highest BCUT2D eigenvalue weighted by atomic mass is 14.3. The zero-order valence-electron chi connectivity index (χ0n) is 10.1. The van der Waals surface area contributed by atoms with Gasteiger partial charge in [0.15, 0.2) is 0 Å². The van der Waals surface area contributed by atoms with Crippen molar-refractivity contribution in [2.75, 3.05) is 0 Å². The molecule has 0 saturated carbocycles. The lowest BCUT2D eigenvalue weighted by Crippen LogP contribution is -2.18. The van der Waals surface area contributed by atoms with Crippen LogP contribution in [0.2, 0.25) is 0 Å². The zero-order chi connectivity index (χ0) is 11.2. The summed E-state index contributed by atoms with van der Waals surface area (Å²) < 4.78 is 0. The molecule has 0 aromatic heterocycles. The Hall–Kier alpha value is -0.780. The number of rotatable bonds is 6. The topological polar surface area (TPSA) is 0 Å². The second-order valence-corrected chi connectivity index (χ2v) is 4.75. The van der Waals surface area contributed by atoms with Gasteiger partial charge in [-0.2, -0.15) is 0 Å². The van der Waals surface area contributed by atoms with Crippen molar-refractivity contribution in [3.8, 4) is 0 Å². The molecule has 0 aliphatic rings. The predicted octanol–water partition coefficient (Wildman–Crippen LogP) is 4.75. The van der Waals surface area contributed by atoms with Gasteiger partial charge in [-0.05, 0) is 31.1 Å². The quantitative estimate of drug-likeness (QED) is 0.421. The minimum atomic E-state index is 0.247. The normalized spacial score (nSPS) is 14.3. The van der Waals surface area contributed by atoms with Crippen LogP contribution in [0.4, 0.5) is 0 Å². The maximum Gasteiger partial charge on any atom is -0.0152 e. The molecule has 0 rings (SSSR count). The van der Waals surface area contributed by atoms with E-state index in [2.05, 4.69) is 52.2 Å². The maximum absolute atomic E-state index is 3.88. The van der Waals surface area contributed by atoms with E-state index in [9.17, 15) is 0 Å². The van der Waals surface area contributed by atoms with Crippen LogP contribution in [0.3, 0.4) is 0 Å². The van der Waals surface area contributed by atoms with Crippen LogP contribution in [0.1, 0.15) is 40.5 Å². The molecular formula is C14H24. The summed E-state index contributed by atoms with van der Waals surface area (Å²) >= 11 is 0. The Morgan fingerprint density at radius 2 is 2.00 bits per heavy atom. The van der Waals surface area contributed by atoms with Gasteiger partial charge in [0.25, 0.3) is 0 Å². The SMILES string of the molecule is C=CC(C)(C)C(C)CCC=CC(=C)C. The Bertz CT molecular complexity index is 218. The predicted molar refractivity (Wildman–Crippen MR) is 66.3 cm³/mol. The van der Waals surface area contributed by atoms with E-state index < -0.39 is 0 Å². The minimum Gasteiger partial charge on any atom is -0.103 e. The molecule has 0 saturated heterocycles. The molecule has 0 spiro atoms. The molecule has 0 aliphatic carbocycles. The van der Waals surface area contributed by atoms with Gasteiger partial charge in [-0.25, -0.2) is 0 Å². The molecule has 0 aromatic carbocycles. The molecular weight excluding hydrogens is 168 g/mol. The summed E-state index contributed by atoms with van der Waals surface area (Å²) in [5.41, 5.74) is 1.37. The summed E-state index contributed by atoms with van der Waals surface area (Å²) in [7, 11) is 0. The monoisotopic (exact) mass is 192 g/mol. The van der Waals surface area contributed by atoms with E-state index in [0.29, 0.717) is 5.92 Å². The van der Waals surface area contributed by atoms with Crippen molar-refractivity contribution in [2.45, 2.75) is 40.5 Å². The van der Waals surface area contributed by atoms with Crippen LogP contribution in [0, 0.1) is 11.3 Å². The molecule has 0 amide bonds. The van der Waals surface area contributed by atoms with Gasteiger partial charge in [-0.1, -0.05) is 51.2 Å². The highest BCUT2D eigenvalue weighted by Gasteiger charge is 2.20. The van der Waals surface area contributed by atoms with Crippen LogP contribution >= 0.6 is 0 Å². The molecule has 0 fully saturated rings. The third kappa shape index (κ3) is 5.06. The first-order chi connectivity index (χ1) is 6.40. The molecule has 14 heavy (non-hydrogen) atoms. The molecule has 0 bridgehead atoms. The summed E-state index contributed by atoms with van der Waals surface area (Å²) in [6.45, 7) is 16.5. The van der Waals surface area contributed by atoms with Gasteiger partial charge in [0.1, 0.15) is 0 Å². The summed E-state index contributed by atoms with van der Waals surface area (Å²) in [6, 6.07) is 0. The molecule has 80 valence electrons. The van der Waals surface area contributed by atoms with Crippen LogP contribution in [0.25, 0.3) is 0 Å². The van der Waals surface area contributed by atoms with Crippen molar-refractivity contribution in [2.24, 2.45) is 11.3 Å². The van der Waals surface area contributed by atoms with E-state index in [1.165, 1.54) is 6.42 Å². The molecule has 1 unspecified atom stereocenters. The van der Waals surface area contributed by atoms with Gasteiger partial charge < -0.3 is 0 Å². The van der Waals surface area contributed by atoms with Gasteiger partial charge in [0, 0.05) is 0 Å². The van der Waals surface area contributed by atoms with Crippen molar-refractivity contribution >= 4 is 0 Å². The Morgan fingerprint density at radius 1 is 1.43 bits per heavy atom. The van der Waals surface area contributed by atoms with E-state index in [4.69, 9.17) is 0 Å². The third-order valence-corrected chi connectivity index (χ3v) is 2.96. The molecule has 0 aliphatic heterocycles. The Morgan fingerprint density at radius 3 is 2.43 bits per heavy atom. The zero-order valence-corrected chi connectivity index (χ0v) is 10.1. The molecule has 0 aromatic rings. The van der Waals surface area contributed by atoms with Crippen molar-refractivity contribution in [1.29, 1.82) is 0 Å². The standard InChI is InChI=1S/C14H24/c1-7-14(5,6)13(4)11-9-8-10-12(2)3/h7-8,10,13H,1-2,9,11H2,3-6H3. The first-order valence-corrected chi connectivity index (χ1v) is 5.36. The van der Waals surface area contributed by atoms with Crippen molar-refractivity contribution in [1.82, 2.24) is 0 Å². The van der Waals surface area contributed by atoms with Crippen molar-refractivity contribution < 1.29 is 0 Å². The average Bonchev–Trinajstić information content (AvgIpc) is 2.11. The highest BCUT2D eigenvalue weighted by Crippen LogP contribution is 2.30. The second kappa shape index (κ2) is 5.85. The molecule has 1 atom stereocenters. The van der Waals surface area contributed by atoms with Gasteiger partial charge in [-0.3, -0.25) is 0 Å². The van der Waals surface area contributed by atoms with E-state index in [0.717, 1.165) is 12.0 Å². The van der Waals surface area contributed by atoms with Crippen LogP contribution in [0.5, 0.6) is 0 Å². The lowest BCUT2D eigenvalue weighted by Gasteiger charge is -2.27. The molecule has 0 N–H and O–H groups in total. The van der Waals surface area contributed by atoms with Crippen LogP contribution in [-0.4, -0.2) is 0 Å². The Labute approximate surface area is 89.4 Å². The molecule has 0 radical (unpaired) electrons. The molecule has 0 heteroatoms.